The number of nitrogen functional groups attached to an aromatic ring is 1. The van der Waals surface area contributed by atoms with Gasteiger partial charge in [-0.3, -0.25) is 0 Å². The maximum atomic E-state index is 13.7. The van der Waals surface area contributed by atoms with Crippen LogP contribution in [0.1, 0.15) is 33.3 Å². The molecule has 1 aromatic rings. The van der Waals surface area contributed by atoms with Crippen LogP contribution in [-0.2, 0) is 9.31 Å². The fourth-order valence-electron chi connectivity index (χ4n) is 1.87. The van der Waals surface area contributed by atoms with Crippen molar-refractivity contribution in [3.05, 3.63) is 23.5 Å². The van der Waals surface area contributed by atoms with Gasteiger partial charge in [0.25, 0.3) is 0 Å². The fourth-order valence-corrected chi connectivity index (χ4v) is 1.87. The number of rotatable bonds is 1. The Morgan fingerprint density at radius 3 is 2.21 bits per heavy atom. The molecule has 1 aliphatic heterocycles. The molecule has 1 heterocycles. The molecule has 19 heavy (non-hydrogen) atoms. The van der Waals surface area contributed by atoms with Crippen LogP contribution < -0.4 is 11.2 Å². The van der Waals surface area contributed by atoms with Gasteiger partial charge in [-0.15, -0.1) is 0 Å². The topological polar surface area (TPSA) is 68.3 Å². The standard InChI is InChI=1S/C13H16BFN2O2/c1-12(2)13(3,4)19-14(18-12)9-6-10(15)8(7-16)5-11(9)17/h5-6H,17H2,1-4H3. The minimum Gasteiger partial charge on any atom is -0.399 e. The lowest BCUT2D eigenvalue weighted by Crippen LogP contribution is -2.41. The molecule has 1 aromatic carbocycles. The Kier molecular flexibility index (Phi) is 3.08. The van der Waals surface area contributed by atoms with Crippen molar-refractivity contribution in [1.82, 2.24) is 0 Å². The molecule has 6 heteroatoms. The molecule has 0 spiro atoms. The predicted octanol–water partition coefficient (Wildman–Crippen LogP) is 1.58. The van der Waals surface area contributed by atoms with Gasteiger partial charge in [0.1, 0.15) is 11.9 Å². The van der Waals surface area contributed by atoms with Crippen LogP contribution in [0.15, 0.2) is 12.1 Å². The van der Waals surface area contributed by atoms with Crippen molar-refractivity contribution in [2.45, 2.75) is 38.9 Å². The second-order valence-electron chi connectivity index (χ2n) is 5.66. The summed E-state index contributed by atoms with van der Waals surface area (Å²) in [5.74, 6) is -0.624. The first-order valence-electron chi connectivity index (χ1n) is 6.02. The third kappa shape index (κ3) is 2.20. The highest BCUT2D eigenvalue weighted by atomic mass is 19.1. The zero-order valence-corrected chi connectivity index (χ0v) is 11.5. The first kappa shape index (κ1) is 13.8. The molecule has 0 atom stereocenters. The van der Waals surface area contributed by atoms with Crippen LogP contribution in [0, 0.1) is 17.1 Å². The Bertz CT molecular complexity index is 550. The Morgan fingerprint density at radius 2 is 1.74 bits per heavy atom. The third-order valence-electron chi connectivity index (χ3n) is 3.80. The molecule has 4 nitrogen and oxygen atoms in total. The van der Waals surface area contributed by atoms with Crippen LogP contribution >= 0.6 is 0 Å². The minimum absolute atomic E-state index is 0.0854. The zero-order chi connectivity index (χ0) is 14.4. The summed E-state index contributed by atoms with van der Waals surface area (Å²) >= 11 is 0. The van der Waals surface area contributed by atoms with Crippen LogP contribution in [-0.4, -0.2) is 18.3 Å². The summed E-state index contributed by atoms with van der Waals surface area (Å²) in [7, 11) is -0.729. The molecule has 100 valence electrons. The lowest BCUT2D eigenvalue weighted by molar-refractivity contribution is 0.00578. The Balaban J connectivity index is 2.41. The molecule has 2 N–H and O–H groups in total. The lowest BCUT2D eigenvalue weighted by atomic mass is 9.77. The summed E-state index contributed by atoms with van der Waals surface area (Å²) in [4.78, 5) is 0. The number of halogens is 1. The SMILES string of the molecule is CC1(C)OB(c2cc(F)c(C#N)cc2N)OC1(C)C. The number of nitrogens with zero attached hydrogens (tertiary/aromatic N) is 1. The normalized spacial score (nSPS) is 20.3. The zero-order valence-electron chi connectivity index (χ0n) is 11.5. The number of hydrogen-bond acceptors (Lipinski definition) is 4. The van der Waals surface area contributed by atoms with E-state index in [0.29, 0.717) is 5.46 Å². The molecule has 1 aliphatic rings. The van der Waals surface area contributed by atoms with Crippen molar-refractivity contribution >= 4 is 18.3 Å². The highest BCUT2D eigenvalue weighted by Gasteiger charge is 2.52. The fraction of sp³-hybridized carbons (Fsp3) is 0.462. The molecular weight excluding hydrogens is 246 g/mol. The monoisotopic (exact) mass is 262 g/mol. The summed E-state index contributed by atoms with van der Waals surface area (Å²) in [5.41, 5.74) is 5.42. The van der Waals surface area contributed by atoms with Crippen molar-refractivity contribution in [2.24, 2.45) is 0 Å². The number of anilines is 1. The van der Waals surface area contributed by atoms with E-state index in [1.807, 2.05) is 27.7 Å². The van der Waals surface area contributed by atoms with Crippen molar-refractivity contribution < 1.29 is 13.7 Å². The van der Waals surface area contributed by atoms with Gasteiger partial charge in [-0.05, 0) is 39.8 Å². The molecular formula is C13H16BFN2O2. The first-order chi connectivity index (χ1) is 8.68. The molecule has 0 unspecified atom stereocenters. The minimum atomic E-state index is -0.729. The quantitative estimate of drug-likeness (QED) is 0.616. The molecule has 0 amide bonds. The summed E-state index contributed by atoms with van der Waals surface area (Å²) < 4.78 is 25.3. The number of hydrogen-bond donors (Lipinski definition) is 1. The van der Waals surface area contributed by atoms with Crippen molar-refractivity contribution in [3.63, 3.8) is 0 Å². The van der Waals surface area contributed by atoms with Crippen LogP contribution in [0.2, 0.25) is 0 Å². The molecule has 0 aliphatic carbocycles. The Morgan fingerprint density at radius 1 is 1.21 bits per heavy atom. The first-order valence-corrected chi connectivity index (χ1v) is 6.02. The van der Waals surface area contributed by atoms with E-state index in [-0.39, 0.29) is 11.3 Å². The van der Waals surface area contributed by atoms with E-state index < -0.39 is 24.1 Å². The number of nitrogens with two attached hydrogens (primary N) is 1. The van der Waals surface area contributed by atoms with Crippen molar-refractivity contribution in [2.75, 3.05) is 5.73 Å². The maximum Gasteiger partial charge on any atom is 0.497 e. The molecule has 0 radical (unpaired) electrons. The smallest absolute Gasteiger partial charge is 0.399 e. The van der Waals surface area contributed by atoms with Crippen LogP contribution in [0.4, 0.5) is 10.1 Å². The van der Waals surface area contributed by atoms with Gasteiger partial charge in [0.05, 0.1) is 16.8 Å². The summed E-state index contributed by atoms with van der Waals surface area (Å²) in [6, 6.07) is 4.26. The largest absolute Gasteiger partial charge is 0.497 e. The molecule has 0 bridgehead atoms. The Hall–Kier alpha value is -1.58. The van der Waals surface area contributed by atoms with Gasteiger partial charge in [0, 0.05) is 11.2 Å². The van der Waals surface area contributed by atoms with Gasteiger partial charge >= 0.3 is 7.12 Å². The third-order valence-corrected chi connectivity index (χ3v) is 3.80. The number of nitriles is 1. The van der Waals surface area contributed by atoms with E-state index in [4.69, 9.17) is 20.3 Å². The summed E-state index contributed by atoms with van der Waals surface area (Å²) in [6.07, 6.45) is 0. The Labute approximate surface area is 112 Å². The van der Waals surface area contributed by atoms with Gasteiger partial charge in [-0.2, -0.15) is 5.26 Å². The number of benzene rings is 1. The van der Waals surface area contributed by atoms with Crippen LogP contribution in [0.5, 0.6) is 0 Å². The van der Waals surface area contributed by atoms with Gasteiger partial charge in [0.15, 0.2) is 0 Å². The molecule has 2 rings (SSSR count). The maximum absolute atomic E-state index is 13.7. The van der Waals surface area contributed by atoms with E-state index in [2.05, 4.69) is 0 Å². The summed E-state index contributed by atoms with van der Waals surface area (Å²) in [6.45, 7) is 7.62. The second kappa shape index (κ2) is 4.22. The highest BCUT2D eigenvalue weighted by Crippen LogP contribution is 2.36. The van der Waals surface area contributed by atoms with Gasteiger partial charge in [-0.1, -0.05) is 0 Å². The van der Waals surface area contributed by atoms with Gasteiger partial charge in [-0.25, -0.2) is 4.39 Å². The average Bonchev–Trinajstić information content (AvgIpc) is 2.50. The van der Waals surface area contributed by atoms with E-state index in [1.54, 1.807) is 6.07 Å². The molecule has 0 saturated carbocycles. The van der Waals surface area contributed by atoms with Crippen molar-refractivity contribution in [3.8, 4) is 6.07 Å². The molecule has 0 aromatic heterocycles. The predicted molar refractivity (Wildman–Crippen MR) is 71.2 cm³/mol. The van der Waals surface area contributed by atoms with Crippen molar-refractivity contribution in [1.29, 1.82) is 5.26 Å². The second-order valence-corrected chi connectivity index (χ2v) is 5.66. The summed E-state index contributed by atoms with van der Waals surface area (Å²) in [5, 5.41) is 8.76. The van der Waals surface area contributed by atoms with Crippen LogP contribution in [0.25, 0.3) is 0 Å². The van der Waals surface area contributed by atoms with Crippen LogP contribution in [0.3, 0.4) is 0 Å². The van der Waals surface area contributed by atoms with Gasteiger partial charge < -0.3 is 15.0 Å². The highest BCUT2D eigenvalue weighted by molar-refractivity contribution is 6.63. The average molecular weight is 262 g/mol. The van der Waals surface area contributed by atoms with E-state index in [9.17, 15) is 4.39 Å². The van der Waals surface area contributed by atoms with E-state index in [0.717, 1.165) is 0 Å². The lowest BCUT2D eigenvalue weighted by Gasteiger charge is -2.32. The van der Waals surface area contributed by atoms with E-state index in [1.165, 1.54) is 12.1 Å². The molecule has 1 saturated heterocycles. The molecule has 1 fully saturated rings. The van der Waals surface area contributed by atoms with Gasteiger partial charge in [0.2, 0.25) is 0 Å². The van der Waals surface area contributed by atoms with E-state index >= 15 is 0 Å².